The molecule has 0 spiro atoms. The number of ether oxygens (including phenoxy) is 1. The van der Waals surface area contributed by atoms with E-state index in [4.69, 9.17) is 4.74 Å². The first-order chi connectivity index (χ1) is 20.1. The van der Waals surface area contributed by atoms with Gasteiger partial charge in [-0.1, -0.05) is 12.1 Å². The molecular weight excluding hydrogens is 576 g/mol. The molecule has 3 aromatic heterocycles. The molecule has 0 unspecified atom stereocenters. The molecule has 0 bridgehead atoms. The maximum atomic E-state index is 13.2. The van der Waals surface area contributed by atoms with Gasteiger partial charge in [-0.15, -0.1) is 11.3 Å². The minimum Gasteiger partial charge on any atom is -0.480 e. The molecule has 1 amide bonds. The number of allylic oxidation sites excluding steroid dienone is 1. The van der Waals surface area contributed by atoms with Crippen LogP contribution in [-0.4, -0.2) is 65.1 Å². The Kier molecular flexibility index (Phi) is 8.14. The summed E-state index contributed by atoms with van der Waals surface area (Å²) in [5.41, 5.74) is 4.54. The summed E-state index contributed by atoms with van der Waals surface area (Å²) in [6.07, 6.45) is 8.24. The smallest absolute Gasteiger partial charge is 0.273 e. The van der Waals surface area contributed by atoms with Gasteiger partial charge in [0.15, 0.2) is 9.99 Å². The molecule has 1 aromatic carbocycles. The van der Waals surface area contributed by atoms with Crippen LogP contribution < -0.4 is 9.46 Å². The lowest BCUT2D eigenvalue weighted by Gasteiger charge is -2.25. The predicted molar refractivity (Wildman–Crippen MR) is 161 cm³/mol. The Balaban J connectivity index is 1.47. The topological polar surface area (TPSA) is 144 Å². The van der Waals surface area contributed by atoms with Crippen LogP contribution in [0, 0.1) is 13.8 Å². The van der Waals surface area contributed by atoms with Crippen LogP contribution in [0.2, 0.25) is 0 Å². The molecule has 0 aliphatic carbocycles. The lowest BCUT2D eigenvalue weighted by atomic mass is 9.98. The monoisotopic (exact) mass is 604 g/mol. The number of rotatable bonds is 8. The fourth-order valence-electron chi connectivity index (χ4n) is 4.67. The van der Waals surface area contributed by atoms with E-state index in [2.05, 4.69) is 24.7 Å². The van der Waals surface area contributed by atoms with Crippen molar-refractivity contribution in [3.8, 4) is 17.0 Å². The molecule has 0 atom stereocenters. The van der Waals surface area contributed by atoms with Crippen molar-refractivity contribution in [2.75, 3.05) is 24.9 Å². The third-order valence-electron chi connectivity index (χ3n) is 6.65. The van der Waals surface area contributed by atoms with Gasteiger partial charge in [0.2, 0.25) is 11.8 Å². The number of anilines is 1. The predicted octanol–water partition coefficient (Wildman–Crippen LogP) is 4.34. The van der Waals surface area contributed by atoms with Crippen molar-refractivity contribution >= 4 is 55.2 Å². The molecule has 0 fully saturated rings. The van der Waals surface area contributed by atoms with Crippen LogP contribution in [0.25, 0.3) is 27.6 Å². The molecule has 1 aliphatic rings. The summed E-state index contributed by atoms with van der Waals surface area (Å²) in [7, 11) is -2.50. The number of amides is 1. The van der Waals surface area contributed by atoms with Crippen molar-refractivity contribution in [2.45, 2.75) is 31.4 Å². The van der Waals surface area contributed by atoms with Gasteiger partial charge < -0.3 is 9.64 Å². The molecule has 216 valence electrons. The molecule has 0 saturated carbocycles. The van der Waals surface area contributed by atoms with Gasteiger partial charge in [0.25, 0.3) is 10.0 Å². The van der Waals surface area contributed by atoms with Crippen LogP contribution in [0.3, 0.4) is 0 Å². The third-order valence-corrected chi connectivity index (χ3v) is 9.70. The molecule has 0 saturated heterocycles. The molecule has 11 nitrogen and oxygen atoms in total. The van der Waals surface area contributed by atoms with E-state index in [1.54, 1.807) is 31.0 Å². The minimum atomic E-state index is -3.92. The van der Waals surface area contributed by atoms with Crippen LogP contribution in [0.5, 0.6) is 5.88 Å². The van der Waals surface area contributed by atoms with Gasteiger partial charge in [-0.05, 0) is 62.6 Å². The second kappa shape index (κ2) is 11.8. The maximum Gasteiger partial charge on any atom is 0.273 e. The van der Waals surface area contributed by atoms with Gasteiger partial charge in [-0.25, -0.2) is 28.4 Å². The number of sulfonamides is 1. The maximum absolute atomic E-state index is 13.2. The number of pyridine rings is 1. The van der Waals surface area contributed by atoms with Crippen molar-refractivity contribution in [2.24, 2.45) is 0 Å². The Morgan fingerprint density at radius 2 is 1.90 bits per heavy atom. The number of thiazole rings is 1. The van der Waals surface area contributed by atoms with Gasteiger partial charge in [-0.3, -0.25) is 14.3 Å². The molecule has 42 heavy (non-hydrogen) atoms. The van der Waals surface area contributed by atoms with E-state index in [0.717, 1.165) is 39.1 Å². The van der Waals surface area contributed by atoms with E-state index in [-0.39, 0.29) is 27.5 Å². The van der Waals surface area contributed by atoms with Crippen LogP contribution in [0.1, 0.15) is 29.7 Å². The number of carbonyl (C=O) groups is 2. The highest BCUT2D eigenvalue weighted by molar-refractivity contribution is 7.94. The molecule has 4 heterocycles. The largest absolute Gasteiger partial charge is 0.480 e. The highest BCUT2D eigenvalue weighted by Gasteiger charge is 2.24. The first-order valence-electron chi connectivity index (χ1n) is 13.0. The number of aromatic nitrogens is 4. The zero-order valence-electron chi connectivity index (χ0n) is 23.4. The summed E-state index contributed by atoms with van der Waals surface area (Å²) >= 11 is 1.10. The van der Waals surface area contributed by atoms with Crippen LogP contribution >= 0.6 is 11.3 Å². The second-order valence-corrected chi connectivity index (χ2v) is 12.7. The Labute approximate surface area is 247 Å². The SMILES string of the molecule is COc1ncc(-c2ccc3ncnc(C4=CCN(C(=O)/C=C/C(C)=O)CC4)c3c2)cc1NS(=O)(=O)c1sc(C)nc1C. The number of nitrogens with one attached hydrogen (secondary N) is 1. The fraction of sp³-hybridized carbons (Fsp3) is 0.241. The number of benzene rings is 1. The number of methoxy groups -OCH3 is 1. The lowest BCUT2D eigenvalue weighted by Crippen LogP contribution is -2.33. The van der Waals surface area contributed by atoms with Gasteiger partial charge in [0.05, 0.1) is 29.0 Å². The van der Waals surface area contributed by atoms with E-state index in [0.29, 0.717) is 35.8 Å². The summed E-state index contributed by atoms with van der Waals surface area (Å²) in [4.78, 5) is 42.8. The number of hydrogen-bond acceptors (Lipinski definition) is 10. The number of ketones is 1. The first-order valence-corrected chi connectivity index (χ1v) is 15.3. The normalized spacial score (nSPS) is 13.8. The van der Waals surface area contributed by atoms with Crippen molar-refractivity contribution < 1.29 is 22.7 Å². The van der Waals surface area contributed by atoms with Crippen molar-refractivity contribution in [3.63, 3.8) is 0 Å². The summed E-state index contributed by atoms with van der Waals surface area (Å²) < 4.78 is 34.5. The summed E-state index contributed by atoms with van der Waals surface area (Å²) in [5.74, 6) is -0.258. The molecular formula is C29H28N6O5S2. The zero-order valence-corrected chi connectivity index (χ0v) is 25.0. The summed E-state index contributed by atoms with van der Waals surface area (Å²) in [6.45, 7) is 5.69. The van der Waals surface area contributed by atoms with Crippen molar-refractivity contribution in [1.29, 1.82) is 0 Å². The van der Waals surface area contributed by atoms with Crippen molar-refractivity contribution in [3.05, 3.63) is 71.4 Å². The molecule has 0 radical (unpaired) electrons. The Morgan fingerprint density at radius 1 is 1.10 bits per heavy atom. The van der Waals surface area contributed by atoms with E-state index >= 15 is 0 Å². The van der Waals surface area contributed by atoms with Gasteiger partial charge in [-0.2, -0.15) is 0 Å². The lowest BCUT2D eigenvalue weighted by molar-refractivity contribution is -0.126. The molecule has 1 N–H and O–H groups in total. The zero-order chi connectivity index (χ0) is 30.0. The van der Waals surface area contributed by atoms with Crippen molar-refractivity contribution in [1.82, 2.24) is 24.8 Å². The number of nitrogens with zero attached hydrogens (tertiary/aromatic N) is 5. The average molecular weight is 605 g/mol. The van der Waals surface area contributed by atoms with E-state index in [1.165, 1.54) is 32.5 Å². The quantitative estimate of drug-likeness (QED) is 0.291. The van der Waals surface area contributed by atoms with Crippen LogP contribution in [0.15, 0.2) is 59.2 Å². The van der Waals surface area contributed by atoms with Gasteiger partial charge in [0, 0.05) is 36.3 Å². The van der Waals surface area contributed by atoms with Gasteiger partial charge in [0.1, 0.15) is 12.0 Å². The van der Waals surface area contributed by atoms with Gasteiger partial charge >= 0.3 is 0 Å². The Morgan fingerprint density at radius 3 is 2.57 bits per heavy atom. The van der Waals surface area contributed by atoms with E-state index < -0.39 is 10.0 Å². The average Bonchev–Trinajstić information content (AvgIpc) is 3.33. The van der Waals surface area contributed by atoms with Crippen LogP contribution in [0.4, 0.5) is 5.69 Å². The summed E-state index contributed by atoms with van der Waals surface area (Å²) in [6, 6.07) is 7.38. The first kappa shape index (κ1) is 29.0. The number of aryl methyl sites for hydroxylation is 2. The number of fused-ring (bicyclic) bond motifs is 1. The minimum absolute atomic E-state index is 0.135. The Hall–Kier alpha value is -4.49. The standard InChI is InChI=1S/C29H28N6O5S2/c1-17(36)5-8-26(37)35-11-9-20(10-12-35)27-23-13-21(6-7-24(23)31-16-32-27)22-14-25(28(40-4)30-15-22)34-42(38,39)29-18(2)33-19(3)41-29/h5-9,13-16,34H,10-12H2,1-4H3/b8-5+. The van der Waals surface area contributed by atoms with E-state index in [1.807, 2.05) is 24.3 Å². The van der Waals surface area contributed by atoms with E-state index in [9.17, 15) is 18.0 Å². The highest BCUT2D eigenvalue weighted by Crippen LogP contribution is 2.34. The summed E-state index contributed by atoms with van der Waals surface area (Å²) in [5, 5.41) is 1.46. The molecule has 1 aliphatic heterocycles. The number of hydrogen-bond donors (Lipinski definition) is 1. The fourth-order valence-corrected chi connectivity index (χ4v) is 7.20. The molecule has 13 heteroatoms. The third kappa shape index (κ3) is 6.06. The van der Waals surface area contributed by atoms with Crippen LogP contribution in [-0.2, 0) is 19.6 Å². The Bertz CT molecular complexity index is 1880. The second-order valence-electron chi connectivity index (χ2n) is 9.65. The molecule has 5 rings (SSSR count). The number of carbonyl (C=O) groups excluding carboxylic acids is 2. The highest BCUT2D eigenvalue weighted by atomic mass is 32.2. The molecule has 4 aromatic rings.